The molecule has 0 rings (SSSR count). The Morgan fingerprint density at radius 1 is 0.333 bits per heavy atom. The van der Waals surface area contributed by atoms with E-state index in [-0.39, 0.29) is 30.2 Å². The van der Waals surface area contributed by atoms with Crippen molar-refractivity contribution in [2.24, 2.45) is 0 Å². The van der Waals surface area contributed by atoms with Crippen molar-refractivity contribution in [1.29, 1.82) is 0 Å². The van der Waals surface area contributed by atoms with Gasteiger partial charge < -0.3 is 15.3 Å². The molecule has 310 valence electrons. The van der Waals surface area contributed by atoms with Gasteiger partial charge >= 0.3 is 0 Å². The molecule has 0 unspecified atom stereocenters. The highest BCUT2D eigenvalue weighted by Gasteiger charge is 2.28. The van der Waals surface area contributed by atoms with Gasteiger partial charge in [-0.2, -0.15) is 0 Å². The van der Waals surface area contributed by atoms with Crippen molar-refractivity contribution in [2.45, 2.75) is 263 Å². The molecule has 0 aromatic carbocycles. The van der Waals surface area contributed by atoms with Crippen LogP contribution in [0.1, 0.15) is 258 Å². The molecule has 0 radical (unpaired) electrons. The van der Waals surface area contributed by atoms with E-state index in [9.17, 15) is 15.3 Å². The average Bonchev–Trinajstić information content (AvgIpc) is 3.11. The SMILES string of the molecule is Br.CCCCCCCCCCCCCCCCCCCCC(O)(CCCCCCCCCCCCCCCCCCCC)CN(CCO)CCO. The summed E-state index contributed by atoms with van der Waals surface area (Å²) >= 11 is 0. The van der Waals surface area contributed by atoms with Crippen molar-refractivity contribution in [3.63, 3.8) is 0 Å². The molecular formula is C46H96BrNO3. The van der Waals surface area contributed by atoms with Crippen LogP contribution >= 0.6 is 17.0 Å². The standard InChI is InChI=1S/C46H95NO3.BrH/c1-3-5-7-9-11-13-15-17-19-21-23-25-27-29-31-33-35-37-39-46(50,45-47(41-43-48)42-44-49)40-38-36-34-32-30-28-26-24-22-20-18-16-14-12-10-8-6-4-2;/h48-50H,3-45H2,1-2H3;1H. The van der Waals surface area contributed by atoms with Crippen LogP contribution in [0.2, 0.25) is 0 Å². The van der Waals surface area contributed by atoms with E-state index in [1.165, 1.54) is 218 Å². The molecule has 0 amide bonds. The first-order valence-corrected chi connectivity index (χ1v) is 23.3. The van der Waals surface area contributed by atoms with Gasteiger partial charge in [0.1, 0.15) is 0 Å². The molecule has 3 N–H and O–H groups in total. The van der Waals surface area contributed by atoms with E-state index in [2.05, 4.69) is 18.7 Å². The van der Waals surface area contributed by atoms with Crippen molar-refractivity contribution >= 4 is 17.0 Å². The summed E-state index contributed by atoms with van der Waals surface area (Å²) in [5, 5.41) is 30.8. The fourth-order valence-electron chi connectivity index (χ4n) is 7.96. The highest BCUT2D eigenvalue weighted by molar-refractivity contribution is 8.93. The maximum atomic E-state index is 11.7. The minimum absolute atomic E-state index is 0. The van der Waals surface area contributed by atoms with E-state index in [0.717, 1.165) is 25.7 Å². The molecule has 51 heavy (non-hydrogen) atoms. The monoisotopic (exact) mass is 790 g/mol. The van der Waals surface area contributed by atoms with Crippen LogP contribution in [-0.2, 0) is 0 Å². The summed E-state index contributed by atoms with van der Waals surface area (Å²) in [5.74, 6) is 0. The highest BCUT2D eigenvalue weighted by Crippen LogP contribution is 2.25. The van der Waals surface area contributed by atoms with Gasteiger partial charge in [-0.1, -0.05) is 245 Å². The number of aliphatic hydroxyl groups is 3. The predicted molar refractivity (Wildman–Crippen MR) is 233 cm³/mol. The zero-order valence-corrected chi connectivity index (χ0v) is 36.8. The molecule has 0 aromatic rings. The Labute approximate surface area is 332 Å². The van der Waals surface area contributed by atoms with Crippen LogP contribution in [0.5, 0.6) is 0 Å². The molecule has 0 aliphatic carbocycles. The van der Waals surface area contributed by atoms with Crippen LogP contribution in [0, 0.1) is 0 Å². The zero-order chi connectivity index (χ0) is 36.5. The maximum absolute atomic E-state index is 11.7. The van der Waals surface area contributed by atoms with Crippen molar-refractivity contribution < 1.29 is 15.3 Å². The van der Waals surface area contributed by atoms with E-state index >= 15 is 0 Å². The van der Waals surface area contributed by atoms with E-state index < -0.39 is 5.60 Å². The Hall–Kier alpha value is 0.320. The summed E-state index contributed by atoms with van der Waals surface area (Å²) in [6.45, 7) is 6.38. The van der Waals surface area contributed by atoms with E-state index in [1.54, 1.807) is 0 Å². The van der Waals surface area contributed by atoms with Crippen molar-refractivity contribution in [1.82, 2.24) is 4.90 Å². The van der Waals surface area contributed by atoms with E-state index in [4.69, 9.17) is 0 Å². The molecule has 0 saturated carbocycles. The van der Waals surface area contributed by atoms with Gasteiger partial charge in [0.25, 0.3) is 0 Å². The fraction of sp³-hybridized carbons (Fsp3) is 1.00. The molecule has 0 aliphatic heterocycles. The number of halogens is 1. The summed E-state index contributed by atoms with van der Waals surface area (Å²) in [5.41, 5.74) is -0.700. The number of aliphatic hydroxyl groups excluding tert-OH is 2. The second-order valence-corrected chi connectivity index (χ2v) is 16.5. The number of rotatable bonds is 44. The molecule has 5 heteroatoms. The summed E-state index contributed by atoms with van der Waals surface area (Å²) < 4.78 is 0. The second kappa shape index (κ2) is 44.7. The molecule has 4 nitrogen and oxygen atoms in total. The van der Waals surface area contributed by atoms with Gasteiger partial charge in [0, 0.05) is 19.6 Å². The van der Waals surface area contributed by atoms with Gasteiger partial charge in [-0.25, -0.2) is 0 Å². The molecule has 0 spiro atoms. The quantitative estimate of drug-likeness (QED) is 0.0538. The lowest BCUT2D eigenvalue weighted by Gasteiger charge is -2.34. The van der Waals surface area contributed by atoms with Gasteiger partial charge in [0.2, 0.25) is 0 Å². The Kier molecular flexibility index (Phi) is 46.8. The van der Waals surface area contributed by atoms with E-state index in [1.807, 2.05) is 0 Å². The number of hydrogen-bond acceptors (Lipinski definition) is 4. The van der Waals surface area contributed by atoms with Crippen LogP contribution in [0.15, 0.2) is 0 Å². The lowest BCUT2D eigenvalue weighted by Crippen LogP contribution is -2.45. The van der Waals surface area contributed by atoms with Crippen LogP contribution < -0.4 is 0 Å². The minimum Gasteiger partial charge on any atom is -0.395 e. The Bertz CT molecular complexity index is 575. The van der Waals surface area contributed by atoms with Gasteiger partial charge in [-0.3, -0.25) is 4.90 Å². The summed E-state index contributed by atoms with van der Waals surface area (Å²) in [4.78, 5) is 2.06. The van der Waals surface area contributed by atoms with Crippen LogP contribution in [0.25, 0.3) is 0 Å². The first kappa shape index (κ1) is 53.4. The van der Waals surface area contributed by atoms with Gasteiger partial charge in [-0.05, 0) is 12.8 Å². The van der Waals surface area contributed by atoms with Crippen molar-refractivity contribution in [3.05, 3.63) is 0 Å². The third kappa shape index (κ3) is 41.3. The Morgan fingerprint density at radius 3 is 0.725 bits per heavy atom. The smallest absolute Gasteiger partial charge is 0.0774 e. The third-order valence-electron chi connectivity index (χ3n) is 11.3. The fourth-order valence-corrected chi connectivity index (χ4v) is 7.96. The maximum Gasteiger partial charge on any atom is 0.0774 e. The summed E-state index contributed by atoms with van der Waals surface area (Å²) in [7, 11) is 0. The normalized spacial score (nSPS) is 11.9. The summed E-state index contributed by atoms with van der Waals surface area (Å²) in [6.07, 6.45) is 51.2. The van der Waals surface area contributed by atoms with Gasteiger partial charge in [0.15, 0.2) is 0 Å². The first-order valence-electron chi connectivity index (χ1n) is 23.3. The molecule has 0 bridgehead atoms. The number of unbranched alkanes of at least 4 members (excludes halogenated alkanes) is 34. The number of hydrogen-bond donors (Lipinski definition) is 3. The minimum atomic E-state index is -0.700. The second-order valence-electron chi connectivity index (χ2n) is 16.5. The molecule has 0 heterocycles. The third-order valence-corrected chi connectivity index (χ3v) is 11.3. The molecule has 0 aliphatic rings. The van der Waals surface area contributed by atoms with Crippen LogP contribution in [-0.4, -0.2) is 58.7 Å². The highest BCUT2D eigenvalue weighted by atomic mass is 79.9. The Balaban J connectivity index is 0. The molecule has 0 fully saturated rings. The van der Waals surface area contributed by atoms with Crippen LogP contribution in [0.4, 0.5) is 0 Å². The van der Waals surface area contributed by atoms with Crippen molar-refractivity contribution in [2.75, 3.05) is 32.8 Å². The van der Waals surface area contributed by atoms with Crippen molar-refractivity contribution in [3.8, 4) is 0 Å². The Morgan fingerprint density at radius 2 is 0.529 bits per heavy atom. The largest absolute Gasteiger partial charge is 0.395 e. The first-order chi connectivity index (χ1) is 24.6. The lowest BCUT2D eigenvalue weighted by molar-refractivity contribution is -0.0209. The van der Waals surface area contributed by atoms with E-state index in [0.29, 0.717) is 19.6 Å². The molecule has 0 atom stereocenters. The predicted octanol–water partition coefficient (Wildman–Crippen LogP) is 14.4. The van der Waals surface area contributed by atoms with Gasteiger partial charge in [0.05, 0.1) is 18.8 Å². The van der Waals surface area contributed by atoms with Crippen LogP contribution in [0.3, 0.4) is 0 Å². The molecular weight excluding hydrogens is 694 g/mol. The molecule has 0 saturated heterocycles. The summed E-state index contributed by atoms with van der Waals surface area (Å²) in [6, 6.07) is 0. The lowest BCUT2D eigenvalue weighted by atomic mass is 9.88. The zero-order valence-electron chi connectivity index (χ0n) is 35.1. The number of nitrogens with zero attached hydrogens (tertiary/aromatic N) is 1. The molecule has 0 aromatic heterocycles. The van der Waals surface area contributed by atoms with Gasteiger partial charge in [-0.15, -0.1) is 17.0 Å². The average molecular weight is 791 g/mol. The topological polar surface area (TPSA) is 63.9 Å².